The maximum atomic E-state index is 11.5. The van der Waals surface area contributed by atoms with Gasteiger partial charge in [-0.15, -0.1) is 0 Å². The fourth-order valence-corrected chi connectivity index (χ4v) is 1.88. The van der Waals surface area contributed by atoms with E-state index >= 15 is 0 Å². The number of nitrogens with one attached hydrogen (secondary N) is 1. The lowest BCUT2D eigenvalue weighted by molar-refractivity contribution is 0.0842. The van der Waals surface area contributed by atoms with Crippen LogP contribution in [0.2, 0.25) is 0 Å². The largest absolute Gasteiger partial charge is 0.411 e. The number of anilines is 1. The number of hydrogen-bond donors (Lipinski definition) is 4. The topological polar surface area (TPSA) is 166 Å². The lowest BCUT2D eigenvalue weighted by Crippen LogP contribution is -2.16. The average Bonchev–Trinajstić information content (AvgIpc) is 2.75. The van der Waals surface area contributed by atoms with Gasteiger partial charge in [0.2, 0.25) is 11.6 Å². The molecule has 11 nitrogen and oxygen atoms in total. The van der Waals surface area contributed by atoms with Gasteiger partial charge in [-0.25, -0.2) is 4.98 Å². The molecule has 2 heterocycles. The minimum absolute atomic E-state index is 0.0529. The molecule has 0 bridgehead atoms. The van der Waals surface area contributed by atoms with Gasteiger partial charge < -0.3 is 25.1 Å². The molecule has 2 rings (SSSR count). The van der Waals surface area contributed by atoms with Crippen LogP contribution in [0, 0.1) is 0 Å². The number of nitrogens with zero attached hydrogens (tertiary/aromatic N) is 3. The van der Waals surface area contributed by atoms with E-state index in [9.17, 15) is 9.36 Å². The van der Waals surface area contributed by atoms with Crippen LogP contribution in [0.25, 0.3) is 11.2 Å². The van der Waals surface area contributed by atoms with Crippen molar-refractivity contribution in [1.29, 1.82) is 0 Å². The van der Waals surface area contributed by atoms with Crippen LogP contribution in [0.5, 0.6) is 0 Å². The highest BCUT2D eigenvalue weighted by Gasteiger charge is 2.12. The van der Waals surface area contributed by atoms with Crippen molar-refractivity contribution in [2.75, 3.05) is 25.3 Å². The number of imidazole rings is 1. The molecule has 0 saturated carbocycles. The third kappa shape index (κ3) is 4.26. The molecule has 5 N–H and O–H groups in total. The van der Waals surface area contributed by atoms with Crippen molar-refractivity contribution in [2.24, 2.45) is 0 Å². The Bertz CT molecular complexity index is 721. The molecule has 0 atom stereocenters. The van der Waals surface area contributed by atoms with Gasteiger partial charge in [0, 0.05) is 6.42 Å². The fraction of sp³-hybridized carbons (Fsp3) is 0.444. The molecular weight excluding hydrogens is 305 g/mol. The van der Waals surface area contributed by atoms with Gasteiger partial charge in [0.25, 0.3) is 5.56 Å². The molecule has 0 aromatic carbocycles. The van der Waals surface area contributed by atoms with E-state index in [1.54, 1.807) is 0 Å². The zero-order chi connectivity index (χ0) is 15.5. The van der Waals surface area contributed by atoms with Crippen molar-refractivity contribution < 1.29 is 23.9 Å². The summed E-state index contributed by atoms with van der Waals surface area (Å²) in [5.74, 6) is -0.0529. The van der Waals surface area contributed by atoms with Crippen LogP contribution < -0.4 is 16.1 Å². The number of aromatic nitrogens is 4. The van der Waals surface area contributed by atoms with Crippen LogP contribution in [0.1, 0.15) is 6.42 Å². The first-order valence-corrected chi connectivity index (χ1v) is 7.65. The Hall–Kier alpha value is -1.94. The monoisotopic (exact) mass is 319 g/mol. The second-order valence-electron chi connectivity index (χ2n) is 4.08. The summed E-state index contributed by atoms with van der Waals surface area (Å²) in [4.78, 5) is 44.1. The minimum Gasteiger partial charge on any atom is -0.411 e. The van der Waals surface area contributed by atoms with Crippen molar-refractivity contribution in [2.45, 2.75) is 6.42 Å². The highest BCUT2D eigenvalue weighted by molar-refractivity contribution is 7.51. The van der Waals surface area contributed by atoms with Crippen LogP contribution in [0.15, 0.2) is 11.1 Å². The first kappa shape index (κ1) is 15.4. The molecule has 0 amide bonds. The maximum Gasteiger partial charge on any atom is 0.350 e. The van der Waals surface area contributed by atoms with Crippen LogP contribution in [0.4, 0.5) is 5.95 Å². The van der Waals surface area contributed by atoms with E-state index in [1.807, 2.05) is 0 Å². The first-order chi connectivity index (χ1) is 9.87. The summed E-state index contributed by atoms with van der Waals surface area (Å²) in [5, 5.41) is 0. The van der Waals surface area contributed by atoms with Gasteiger partial charge in [-0.1, -0.05) is 0 Å². The molecule has 0 aliphatic carbocycles. The molecule has 116 valence electrons. The summed E-state index contributed by atoms with van der Waals surface area (Å²) >= 11 is 0. The second kappa shape index (κ2) is 6.22. The summed E-state index contributed by atoms with van der Waals surface area (Å²) in [5.41, 5.74) is 5.25. The molecule has 0 spiro atoms. The SMILES string of the molecule is Nc1nc2c(ncn2OCCCOCP(=O)(O)O)c(=O)[nH]1. The molecule has 0 aliphatic rings. The summed E-state index contributed by atoms with van der Waals surface area (Å²) in [6.07, 6.45) is 1.04. The van der Waals surface area contributed by atoms with Crippen molar-refractivity contribution in [3.8, 4) is 0 Å². The predicted octanol–water partition coefficient (Wildman–Crippen LogP) is -1.33. The van der Waals surface area contributed by atoms with Gasteiger partial charge in [0.1, 0.15) is 19.3 Å². The highest BCUT2D eigenvalue weighted by Crippen LogP contribution is 2.33. The van der Waals surface area contributed by atoms with Crippen molar-refractivity contribution >= 4 is 24.7 Å². The Kier molecular flexibility index (Phi) is 4.58. The lowest BCUT2D eigenvalue weighted by Gasteiger charge is -2.08. The number of nitrogen functional groups attached to an aromatic ring is 1. The van der Waals surface area contributed by atoms with Crippen LogP contribution in [-0.4, -0.2) is 49.0 Å². The quantitative estimate of drug-likeness (QED) is 0.357. The summed E-state index contributed by atoms with van der Waals surface area (Å²) in [6.45, 7) is 0.300. The van der Waals surface area contributed by atoms with Crippen molar-refractivity contribution in [3.05, 3.63) is 16.7 Å². The number of aromatic amines is 1. The van der Waals surface area contributed by atoms with Gasteiger partial charge in [0.15, 0.2) is 5.52 Å². The Morgan fingerprint density at radius 1 is 1.43 bits per heavy atom. The fourth-order valence-electron chi connectivity index (χ4n) is 1.51. The number of H-pyrrole nitrogens is 1. The van der Waals surface area contributed by atoms with Crippen molar-refractivity contribution in [3.63, 3.8) is 0 Å². The molecule has 0 unspecified atom stereocenters. The Morgan fingerprint density at radius 2 is 2.19 bits per heavy atom. The number of hydrogen-bond acceptors (Lipinski definition) is 7. The van der Waals surface area contributed by atoms with Gasteiger partial charge in [0.05, 0.1) is 6.61 Å². The lowest BCUT2D eigenvalue weighted by atomic mass is 10.5. The smallest absolute Gasteiger partial charge is 0.350 e. The van der Waals surface area contributed by atoms with Gasteiger partial charge in [-0.05, 0) is 0 Å². The normalized spacial score (nSPS) is 11.9. The Balaban J connectivity index is 1.87. The molecular formula is C9H14N5O6P. The third-order valence-electron chi connectivity index (χ3n) is 2.32. The van der Waals surface area contributed by atoms with E-state index in [4.69, 9.17) is 25.1 Å². The molecule has 2 aromatic rings. The van der Waals surface area contributed by atoms with Gasteiger partial charge in [-0.3, -0.25) is 14.3 Å². The Labute approximate surface area is 117 Å². The molecule has 0 saturated heterocycles. The molecule has 12 heteroatoms. The third-order valence-corrected chi connectivity index (χ3v) is 2.84. The van der Waals surface area contributed by atoms with E-state index in [-0.39, 0.29) is 30.3 Å². The van der Waals surface area contributed by atoms with Crippen LogP contribution >= 0.6 is 7.60 Å². The highest BCUT2D eigenvalue weighted by atomic mass is 31.2. The Morgan fingerprint density at radius 3 is 2.90 bits per heavy atom. The number of rotatable bonds is 7. The summed E-state index contributed by atoms with van der Waals surface area (Å²) in [7, 11) is -4.15. The number of fused-ring (bicyclic) bond motifs is 1. The minimum atomic E-state index is -4.15. The van der Waals surface area contributed by atoms with Crippen LogP contribution in [0.3, 0.4) is 0 Å². The van der Waals surface area contributed by atoms with Crippen LogP contribution in [-0.2, 0) is 9.30 Å². The molecule has 0 aliphatic heterocycles. The number of ether oxygens (including phenoxy) is 1. The predicted molar refractivity (Wildman–Crippen MR) is 71.5 cm³/mol. The molecule has 21 heavy (non-hydrogen) atoms. The second-order valence-corrected chi connectivity index (χ2v) is 5.67. The van der Waals surface area contributed by atoms with E-state index < -0.39 is 19.5 Å². The van der Waals surface area contributed by atoms with Gasteiger partial charge in [-0.2, -0.15) is 9.71 Å². The molecule has 0 radical (unpaired) electrons. The van der Waals surface area contributed by atoms with E-state index in [0.717, 1.165) is 0 Å². The number of nitrogens with two attached hydrogens (primary N) is 1. The molecule has 0 fully saturated rings. The van der Waals surface area contributed by atoms with Gasteiger partial charge >= 0.3 is 7.60 Å². The average molecular weight is 319 g/mol. The van der Waals surface area contributed by atoms with E-state index in [0.29, 0.717) is 6.42 Å². The standard InChI is InChI=1S/C9H14N5O6P/c10-9-12-7-6(8(15)13-9)11-4-14(7)20-3-1-2-19-5-21(16,17)18/h4H,1-3,5H2,(H2,16,17,18)(H3,10,12,13,15). The maximum absolute atomic E-state index is 11.5. The summed E-state index contributed by atoms with van der Waals surface area (Å²) < 4.78 is 16.5. The zero-order valence-corrected chi connectivity index (χ0v) is 11.7. The van der Waals surface area contributed by atoms with E-state index in [2.05, 4.69) is 15.0 Å². The summed E-state index contributed by atoms with van der Waals surface area (Å²) in [6, 6.07) is 0. The molecule has 2 aromatic heterocycles. The zero-order valence-electron chi connectivity index (χ0n) is 10.8. The first-order valence-electron chi connectivity index (χ1n) is 5.85. The van der Waals surface area contributed by atoms with Crippen molar-refractivity contribution in [1.82, 2.24) is 19.7 Å². The van der Waals surface area contributed by atoms with E-state index in [1.165, 1.54) is 11.1 Å².